The summed E-state index contributed by atoms with van der Waals surface area (Å²) in [5.41, 5.74) is 2.10. The molecule has 0 radical (unpaired) electrons. The minimum Gasteiger partial charge on any atom is -0.459 e. The van der Waals surface area contributed by atoms with Crippen molar-refractivity contribution >= 4 is 22.7 Å². The molecular formula is C22H27N5O3. The molecule has 8 nitrogen and oxygen atoms in total. The Morgan fingerprint density at radius 1 is 1.20 bits per heavy atom. The maximum atomic E-state index is 12.7. The monoisotopic (exact) mass is 409 g/mol. The Kier molecular flexibility index (Phi) is 5.69. The molecule has 30 heavy (non-hydrogen) atoms. The number of carbonyl (C=O) groups excluding carboxylic acids is 1. The van der Waals surface area contributed by atoms with Gasteiger partial charge in [-0.1, -0.05) is 0 Å². The van der Waals surface area contributed by atoms with Gasteiger partial charge in [0.15, 0.2) is 0 Å². The van der Waals surface area contributed by atoms with Crippen molar-refractivity contribution in [3.05, 3.63) is 46.7 Å². The molecule has 1 saturated heterocycles. The number of hydrogen-bond donors (Lipinski definition) is 1. The van der Waals surface area contributed by atoms with Gasteiger partial charge in [-0.05, 0) is 50.3 Å². The molecule has 1 aliphatic rings. The lowest BCUT2D eigenvalue weighted by atomic mass is 10.1. The molecule has 158 valence electrons. The van der Waals surface area contributed by atoms with Crippen LogP contribution in [0.1, 0.15) is 19.1 Å². The van der Waals surface area contributed by atoms with Crippen LogP contribution in [0.4, 0.5) is 5.82 Å². The van der Waals surface area contributed by atoms with Gasteiger partial charge in [-0.3, -0.25) is 14.5 Å². The second kappa shape index (κ2) is 8.41. The standard InChI is InChI=1S/C22H27N5O3/c1-15(28)24-20-11-16(5-6-23-20)19-14-26(3)22(29)18-12-17(30-21(18)19)13-27-8-4-7-25(2)9-10-27/h5-6,11-12,14H,4,7-10,13H2,1-3H3,(H,23,24,28). The SMILES string of the molecule is CC(=O)Nc1cc(-c2cn(C)c(=O)c3cc(CN4CCCN(C)CC4)oc23)ccn1. The van der Waals surface area contributed by atoms with Crippen LogP contribution < -0.4 is 10.9 Å². The fourth-order valence-corrected chi connectivity index (χ4v) is 3.91. The van der Waals surface area contributed by atoms with Gasteiger partial charge in [0.2, 0.25) is 5.91 Å². The Labute approximate surface area is 175 Å². The molecule has 1 amide bonds. The Bertz CT molecular complexity index is 1130. The van der Waals surface area contributed by atoms with Gasteiger partial charge < -0.3 is 19.2 Å². The molecule has 0 spiro atoms. The summed E-state index contributed by atoms with van der Waals surface area (Å²) in [7, 11) is 3.88. The van der Waals surface area contributed by atoms with Crippen molar-refractivity contribution < 1.29 is 9.21 Å². The fraction of sp³-hybridized carbons (Fsp3) is 0.409. The molecule has 0 atom stereocenters. The lowest BCUT2D eigenvalue weighted by molar-refractivity contribution is -0.114. The molecule has 0 aromatic carbocycles. The first-order valence-electron chi connectivity index (χ1n) is 10.2. The highest BCUT2D eigenvalue weighted by atomic mass is 16.3. The second-order valence-corrected chi connectivity index (χ2v) is 7.96. The summed E-state index contributed by atoms with van der Waals surface area (Å²) in [4.78, 5) is 33.0. The van der Waals surface area contributed by atoms with E-state index in [1.165, 1.54) is 6.92 Å². The third-order valence-electron chi connectivity index (χ3n) is 5.47. The lowest BCUT2D eigenvalue weighted by Gasteiger charge is -2.18. The number of hydrogen-bond acceptors (Lipinski definition) is 6. The number of amides is 1. The van der Waals surface area contributed by atoms with E-state index in [9.17, 15) is 9.59 Å². The van der Waals surface area contributed by atoms with Gasteiger partial charge in [-0.15, -0.1) is 0 Å². The van der Waals surface area contributed by atoms with Gasteiger partial charge in [0.05, 0.1) is 11.9 Å². The predicted molar refractivity (Wildman–Crippen MR) is 116 cm³/mol. The van der Waals surface area contributed by atoms with Crippen molar-refractivity contribution in [3.63, 3.8) is 0 Å². The van der Waals surface area contributed by atoms with Crippen molar-refractivity contribution in [2.75, 3.05) is 38.5 Å². The molecule has 4 heterocycles. The van der Waals surface area contributed by atoms with E-state index in [-0.39, 0.29) is 11.5 Å². The molecule has 3 aromatic rings. The van der Waals surface area contributed by atoms with E-state index in [0.717, 1.165) is 49.5 Å². The minimum atomic E-state index is -0.186. The van der Waals surface area contributed by atoms with Crippen molar-refractivity contribution in [2.45, 2.75) is 19.9 Å². The molecule has 0 bridgehead atoms. The quantitative estimate of drug-likeness (QED) is 0.712. The second-order valence-electron chi connectivity index (χ2n) is 7.96. The number of anilines is 1. The molecule has 4 rings (SSSR count). The molecule has 8 heteroatoms. The lowest BCUT2D eigenvalue weighted by Crippen LogP contribution is -2.28. The Morgan fingerprint density at radius 3 is 2.83 bits per heavy atom. The van der Waals surface area contributed by atoms with Crippen LogP contribution in [0.2, 0.25) is 0 Å². The number of rotatable bonds is 4. The smallest absolute Gasteiger partial charge is 0.261 e. The van der Waals surface area contributed by atoms with E-state index in [2.05, 4.69) is 27.1 Å². The highest BCUT2D eigenvalue weighted by molar-refractivity contribution is 5.93. The average Bonchev–Trinajstić information content (AvgIpc) is 3.01. The number of aryl methyl sites for hydroxylation is 1. The molecular weight excluding hydrogens is 382 g/mol. The third kappa shape index (κ3) is 4.29. The number of likely N-dealkylation sites (N-methyl/N-ethyl adjacent to an activating group) is 1. The van der Waals surface area contributed by atoms with E-state index in [4.69, 9.17) is 4.42 Å². The largest absolute Gasteiger partial charge is 0.459 e. The topological polar surface area (TPSA) is 83.6 Å². The van der Waals surface area contributed by atoms with E-state index in [0.29, 0.717) is 23.3 Å². The van der Waals surface area contributed by atoms with Gasteiger partial charge >= 0.3 is 0 Å². The van der Waals surface area contributed by atoms with Gasteiger partial charge in [-0.2, -0.15) is 0 Å². The predicted octanol–water partition coefficient (Wildman–Crippen LogP) is 2.29. The molecule has 1 aliphatic heterocycles. The first kappa shape index (κ1) is 20.3. The summed E-state index contributed by atoms with van der Waals surface area (Å²) in [6, 6.07) is 5.50. The van der Waals surface area contributed by atoms with Gasteiger partial charge in [0, 0.05) is 45.0 Å². The minimum absolute atomic E-state index is 0.0875. The summed E-state index contributed by atoms with van der Waals surface area (Å²) in [6.45, 7) is 6.23. The number of nitrogens with one attached hydrogen (secondary N) is 1. The van der Waals surface area contributed by atoms with Gasteiger partial charge in [0.25, 0.3) is 5.56 Å². The fourth-order valence-electron chi connectivity index (χ4n) is 3.91. The Hall–Kier alpha value is -2.97. The van der Waals surface area contributed by atoms with Crippen LogP contribution >= 0.6 is 0 Å². The van der Waals surface area contributed by atoms with Crippen LogP contribution in [0.25, 0.3) is 22.1 Å². The summed E-state index contributed by atoms with van der Waals surface area (Å²) in [6.07, 6.45) is 4.52. The highest BCUT2D eigenvalue weighted by Crippen LogP contribution is 2.30. The van der Waals surface area contributed by atoms with Crippen LogP contribution in [0.3, 0.4) is 0 Å². The van der Waals surface area contributed by atoms with Gasteiger partial charge in [0.1, 0.15) is 17.2 Å². The Balaban J connectivity index is 1.72. The number of pyridine rings is 2. The van der Waals surface area contributed by atoms with Crippen molar-refractivity contribution in [1.82, 2.24) is 19.4 Å². The van der Waals surface area contributed by atoms with E-state index in [1.54, 1.807) is 30.1 Å². The van der Waals surface area contributed by atoms with Crippen LogP contribution in [-0.4, -0.2) is 58.5 Å². The van der Waals surface area contributed by atoms with Gasteiger partial charge in [-0.25, -0.2) is 4.98 Å². The average molecular weight is 409 g/mol. The summed E-state index contributed by atoms with van der Waals surface area (Å²) >= 11 is 0. The van der Waals surface area contributed by atoms with E-state index >= 15 is 0 Å². The molecule has 0 unspecified atom stereocenters. The first-order valence-corrected chi connectivity index (χ1v) is 10.2. The van der Waals surface area contributed by atoms with E-state index in [1.807, 2.05) is 12.1 Å². The molecule has 1 fully saturated rings. The van der Waals surface area contributed by atoms with Crippen LogP contribution in [0.5, 0.6) is 0 Å². The van der Waals surface area contributed by atoms with Crippen LogP contribution in [-0.2, 0) is 18.4 Å². The molecule has 1 N–H and O–H groups in total. The highest BCUT2D eigenvalue weighted by Gasteiger charge is 2.18. The molecule has 0 saturated carbocycles. The van der Waals surface area contributed by atoms with Crippen molar-refractivity contribution in [1.29, 1.82) is 0 Å². The summed E-state index contributed by atoms with van der Waals surface area (Å²) in [5, 5.41) is 3.26. The maximum Gasteiger partial charge on any atom is 0.261 e. The van der Waals surface area contributed by atoms with Crippen molar-refractivity contribution in [3.8, 4) is 11.1 Å². The maximum absolute atomic E-state index is 12.7. The van der Waals surface area contributed by atoms with Crippen LogP contribution in [0.15, 0.2) is 39.8 Å². The zero-order valence-corrected chi connectivity index (χ0v) is 17.6. The Morgan fingerprint density at radius 2 is 2.03 bits per heavy atom. The normalized spacial score (nSPS) is 16.0. The zero-order valence-electron chi connectivity index (χ0n) is 17.6. The first-order chi connectivity index (χ1) is 14.4. The number of fused-ring (bicyclic) bond motifs is 1. The number of aromatic nitrogens is 2. The molecule has 3 aromatic heterocycles. The number of nitrogens with zero attached hydrogens (tertiary/aromatic N) is 4. The number of furan rings is 1. The van der Waals surface area contributed by atoms with Crippen molar-refractivity contribution in [2.24, 2.45) is 7.05 Å². The third-order valence-corrected chi connectivity index (χ3v) is 5.47. The molecule has 0 aliphatic carbocycles. The number of carbonyl (C=O) groups is 1. The zero-order chi connectivity index (χ0) is 21.3. The summed E-state index contributed by atoms with van der Waals surface area (Å²) in [5.74, 6) is 1.06. The van der Waals surface area contributed by atoms with Crippen LogP contribution in [0, 0.1) is 0 Å². The van der Waals surface area contributed by atoms with E-state index < -0.39 is 0 Å². The summed E-state index contributed by atoms with van der Waals surface area (Å²) < 4.78 is 7.77.